The number of ether oxygens (including phenoxy) is 1. The SMILES string of the molecule is Clc1ccc(Oc2ncccc2CBr)c(Br)c1. The summed E-state index contributed by atoms with van der Waals surface area (Å²) >= 11 is 12.7. The molecule has 2 aromatic rings. The number of nitrogens with zero attached hydrogens (tertiary/aromatic N) is 1. The molecule has 1 aromatic heterocycles. The van der Waals surface area contributed by atoms with Gasteiger partial charge in [0, 0.05) is 22.1 Å². The molecule has 0 aliphatic rings. The second-order valence-electron chi connectivity index (χ2n) is 3.28. The molecular weight excluding hydrogens is 369 g/mol. The number of hydrogen-bond donors (Lipinski definition) is 0. The van der Waals surface area contributed by atoms with Gasteiger partial charge in [0.2, 0.25) is 5.88 Å². The van der Waals surface area contributed by atoms with E-state index in [4.69, 9.17) is 16.3 Å². The van der Waals surface area contributed by atoms with Gasteiger partial charge in [-0.2, -0.15) is 0 Å². The highest BCUT2D eigenvalue weighted by atomic mass is 79.9. The molecule has 0 amide bonds. The van der Waals surface area contributed by atoms with E-state index < -0.39 is 0 Å². The molecule has 0 saturated carbocycles. The summed E-state index contributed by atoms with van der Waals surface area (Å²) in [6, 6.07) is 9.20. The lowest BCUT2D eigenvalue weighted by Gasteiger charge is -2.09. The Morgan fingerprint density at radius 1 is 1.29 bits per heavy atom. The van der Waals surface area contributed by atoms with E-state index in [1.807, 2.05) is 12.1 Å². The van der Waals surface area contributed by atoms with Gasteiger partial charge in [-0.05, 0) is 40.2 Å². The smallest absolute Gasteiger partial charge is 0.223 e. The average molecular weight is 377 g/mol. The van der Waals surface area contributed by atoms with Crippen molar-refractivity contribution < 1.29 is 4.74 Å². The third-order valence-electron chi connectivity index (χ3n) is 2.09. The van der Waals surface area contributed by atoms with Crippen molar-refractivity contribution in [3.05, 3.63) is 51.6 Å². The summed E-state index contributed by atoms with van der Waals surface area (Å²) in [4.78, 5) is 4.20. The summed E-state index contributed by atoms with van der Waals surface area (Å²) in [5, 5.41) is 1.35. The first-order chi connectivity index (χ1) is 8.20. The third kappa shape index (κ3) is 3.21. The van der Waals surface area contributed by atoms with Crippen LogP contribution >= 0.6 is 43.5 Å². The standard InChI is InChI=1S/C12H8Br2ClNO/c13-7-8-2-1-5-16-12(8)17-11-4-3-9(15)6-10(11)14/h1-6H,7H2. The minimum absolute atomic E-state index is 0.590. The molecule has 0 radical (unpaired) electrons. The first kappa shape index (κ1) is 12.9. The average Bonchev–Trinajstić information content (AvgIpc) is 2.33. The summed E-state index contributed by atoms with van der Waals surface area (Å²) in [5.74, 6) is 1.28. The second kappa shape index (κ2) is 5.85. The molecule has 2 nitrogen and oxygen atoms in total. The zero-order chi connectivity index (χ0) is 12.3. The van der Waals surface area contributed by atoms with Crippen LogP contribution in [0, 0.1) is 0 Å². The summed E-state index contributed by atoms with van der Waals surface area (Å²) in [7, 11) is 0. The van der Waals surface area contributed by atoms with Gasteiger partial charge in [0.25, 0.3) is 0 Å². The summed E-state index contributed by atoms with van der Waals surface area (Å²) in [6.07, 6.45) is 1.70. The molecule has 0 unspecified atom stereocenters. The van der Waals surface area contributed by atoms with Gasteiger partial charge in [0.05, 0.1) is 4.47 Å². The lowest BCUT2D eigenvalue weighted by atomic mass is 10.3. The molecule has 2 rings (SSSR count). The number of rotatable bonds is 3. The molecular formula is C12H8Br2ClNO. The van der Waals surface area contributed by atoms with Gasteiger partial charge in [0.15, 0.2) is 0 Å². The molecule has 0 fully saturated rings. The number of aromatic nitrogens is 1. The zero-order valence-electron chi connectivity index (χ0n) is 8.66. The molecule has 0 spiro atoms. The normalized spacial score (nSPS) is 10.3. The number of benzene rings is 1. The van der Waals surface area contributed by atoms with Gasteiger partial charge in [-0.1, -0.05) is 33.6 Å². The van der Waals surface area contributed by atoms with Crippen LogP contribution in [0.15, 0.2) is 41.0 Å². The molecule has 0 N–H and O–H groups in total. The Kier molecular flexibility index (Phi) is 4.42. The van der Waals surface area contributed by atoms with Crippen LogP contribution in [0.25, 0.3) is 0 Å². The Morgan fingerprint density at radius 2 is 2.12 bits per heavy atom. The van der Waals surface area contributed by atoms with Crippen molar-refractivity contribution in [1.82, 2.24) is 4.98 Å². The van der Waals surface area contributed by atoms with Crippen molar-refractivity contribution in [3.63, 3.8) is 0 Å². The monoisotopic (exact) mass is 375 g/mol. The van der Waals surface area contributed by atoms with E-state index >= 15 is 0 Å². The maximum absolute atomic E-state index is 5.87. The fraction of sp³-hybridized carbons (Fsp3) is 0.0833. The van der Waals surface area contributed by atoms with Gasteiger partial charge in [-0.15, -0.1) is 0 Å². The second-order valence-corrected chi connectivity index (χ2v) is 5.13. The van der Waals surface area contributed by atoms with Gasteiger partial charge < -0.3 is 4.74 Å². The Morgan fingerprint density at radius 3 is 2.82 bits per heavy atom. The number of alkyl halides is 1. The lowest BCUT2D eigenvalue weighted by molar-refractivity contribution is 0.456. The molecule has 5 heteroatoms. The van der Waals surface area contributed by atoms with Crippen molar-refractivity contribution in [2.45, 2.75) is 5.33 Å². The van der Waals surface area contributed by atoms with Crippen molar-refractivity contribution in [2.24, 2.45) is 0 Å². The molecule has 17 heavy (non-hydrogen) atoms. The van der Waals surface area contributed by atoms with Crippen LogP contribution < -0.4 is 4.74 Å². The predicted octanol–water partition coefficient (Wildman–Crippen LogP) is 5.18. The van der Waals surface area contributed by atoms with Crippen LogP contribution in [0.4, 0.5) is 0 Å². The molecule has 0 atom stereocenters. The predicted molar refractivity (Wildman–Crippen MR) is 76.1 cm³/mol. The van der Waals surface area contributed by atoms with E-state index in [2.05, 4.69) is 36.8 Å². The maximum atomic E-state index is 5.87. The van der Waals surface area contributed by atoms with E-state index in [1.54, 1.807) is 24.4 Å². The number of hydrogen-bond acceptors (Lipinski definition) is 2. The largest absolute Gasteiger partial charge is 0.438 e. The van der Waals surface area contributed by atoms with Crippen LogP contribution in [-0.2, 0) is 5.33 Å². The van der Waals surface area contributed by atoms with Crippen LogP contribution in [0.3, 0.4) is 0 Å². The Balaban J connectivity index is 2.31. The Labute approximate surface area is 121 Å². The molecule has 0 saturated heterocycles. The van der Waals surface area contributed by atoms with Crippen molar-refractivity contribution in [3.8, 4) is 11.6 Å². The van der Waals surface area contributed by atoms with Gasteiger partial charge in [-0.25, -0.2) is 4.98 Å². The summed E-state index contributed by atoms with van der Waals surface area (Å²) in [5.41, 5.74) is 0.995. The minimum Gasteiger partial charge on any atom is -0.438 e. The first-order valence-corrected chi connectivity index (χ1v) is 7.12. The Bertz CT molecular complexity index is 534. The molecule has 0 aliphatic heterocycles. The molecule has 0 bridgehead atoms. The van der Waals surface area contributed by atoms with E-state index in [9.17, 15) is 0 Å². The molecule has 1 aromatic carbocycles. The summed E-state index contributed by atoms with van der Waals surface area (Å²) in [6.45, 7) is 0. The minimum atomic E-state index is 0.590. The highest BCUT2D eigenvalue weighted by Gasteiger charge is 2.07. The lowest BCUT2D eigenvalue weighted by Crippen LogP contribution is -1.92. The van der Waals surface area contributed by atoms with E-state index in [-0.39, 0.29) is 0 Å². The van der Waals surface area contributed by atoms with E-state index in [0.717, 1.165) is 10.0 Å². The van der Waals surface area contributed by atoms with Crippen molar-refractivity contribution in [1.29, 1.82) is 0 Å². The van der Waals surface area contributed by atoms with E-state index in [1.165, 1.54) is 0 Å². The van der Waals surface area contributed by atoms with Crippen LogP contribution in [0.5, 0.6) is 11.6 Å². The number of halogens is 3. The van der Waals surface area contributed by atoms with Gasteiger partial charge in [-0.3, -0.25) is 0 Å². The quantitative estimate of drug-likeness (QED) is 0.687. The summed E-state index contributed by atoms with van der Waals surface area (Å²) < 4.78 is 6.54. The van der Waals surface area contributed by atoms with Crippen molar-refractivity contribution in [2.75, 3.05) is 0 Å². The van der Waals surface area contributed by atoms with E-state index in [0.29, 0.717) is 22.0 Å². The van der Waals surface area contributed by atoms with Gasteiger partial charge in [0.1, 0.15) is 5.75 Å². The first-order valence-electron chi connectivity index (χ1n) is 4.83. The van der Waals surface area contributed by atoms with Crippen LogP contribution in [-0.4, -0.2) is 4.98 Å². The fourth-order valence-electron chi connectivity index (χ4n) is 1.28. The highest BCUT2D eigenvalue weighted by Crippen LogP contribution is 2.32. The maximum Gasteiger partial charge on any atom is 0.223 e. The van der Waals surface area contributed by atoms with Crippen molar-refractivity contribution >= 4 is 43.5 Å². The third-order valence-corrected chi connectivity index (χ3v) is 3.55. The van der Waals surface area contributed by atoms with Crippen LogP contribution in [0.2, 0.25) is 5.02 Å². The molecule has 1 heterocycles. The molecule has 0 aliphatic carbocycles. The topological polar surface area (TPSA) is 22.1 Å². The number of pyridine rings is 1. The molecule has 88 valence electrons. The van der Waals surface area contributed by atoms with Crippen LogP contribution in [0.1, 0.15) is 5.56 Å². The van der Waals surface area contributed by atoms with Gasteiger partial charge >= 0.3 is 0 Å². The fourth-order valence-corrected chi connectivity index (χ4v) is 2.47. The highest BCUT2D eigenvalue weighted by molar-refractivity contribution is 9.10. The Hall–Kier alpha value is -0.580. The zero-order valence-corrected chi connectivity index (χ0v) is 12.6.